The van der Waals surface area contributed by atoms with E-state index in [4.69, 9.17) is 21.1 Å². The Bertz CT molecular complexity index is 732. The highest BCUT2D eigenvalue weighted by molar-refractivity contribution is 6.30. The van der Waals surface area contributed by atoms with Crippen molar-refractivity contribution in [2.24, 2.45) is 0 Å². The summed E-state index contributed by atoms with van der Waals surface area (Å²) in [6.45, 7) is 1.65. The first-order chi connectivity index (χ1) is 11.0. The monoisotopic (exact) mass is 335 g/mol. The van der Waals surface area contributed by atoms with E-state index < -0.39 is 10.9 Å². The van der Waals surface area contributed by atoms with E-state index >= 15 is 0 Å². The molecule has 0 fully saturated rings. The quantitative estimate of drug-likeness (QED) is 0.347. The van der Waals surface area contributed by atoms with Gasteiger partial charge in [0.1, 0.15) is 24.5 Å². The fourth-order valence-electron chi connectivity index (χ4n) is 1.99. The van der Waals surface area contributed by atoms with Gasteiger partial charge < -0.3 is 9.47 Å². The molecule has 0 saturated carbocycles. The molecule has 0 radical (unpaired) electrons. The van der Waals surface area contributed by atoms with Crippen molar-refractivity contribution in [1.82, 2.24) is 0 Å². The number of nitrogens with zero attached hydrogens (tertiary/aromatic N) is 1. The van der Waals surface area contributed by atoms with Gasteiger partial charge in [0.25, 0.3) is 5.69 Å². The third-order valence-corrected chi connectivity index (χ3v) is 3.26. The molecule has 0 aliphatic rings. The topological polar surface area (TPSA) is 78.7 Å². The van der Waals surface area contributed by atoms with Crippen LogP contribution in [0.5, 0.6) is 5.75 Å². The number of nitro benzene ring substituents is 1. The zero-order valence-electron chi connectivity index (χ0n) is 12.3. The maximum absolute atomic E-state index is 12.0. The molecule has 6 nitrogen and oxygen atoms in total. The molecule has 0 bridgehead atoms. The number of hydrogen-bond donors (Lipinski definition) is 0. The lowest BCUT2D eigenvalue weighted by atomic mass is 10.1. The summed E-state index contributed by atoms with van der Waals surface area (Å²) >= 11 is 5.82. The van der Waals surface area contributed by atoms with Gasteiger partial charge in [-0.15, -0.1) is 0 Å². The van der Waals surface area contributed by atoms with E-state index in [0.717, 1.165) is 0 Å². The van der Waals surface area contributed by atoms with Gasteiger partial charge in [0.2, 0.25) is 0 Å². The maximum atomic E-state index is 12.0. The number of nitro groups is 1. The van der Waals surface area contributed by atoms with Gasteiger partial charge in [-0.05, 0) is 31.2 Å². The highest BCUT2D eigenvalue weighted by atomic mass is 35.5. The number of ether oxygens (including phenoxy) is 2. The zero-order valence-corrected chi connectivity index (χ0v) is 13.1. The summed E-state index contributed by atoms with van der Waals surface area (Å²) in [5.41, 5.74) is 0.0886. The molecule has 7 heteroatoms. The van der Waals surface area contributed by atoms with Gasteiger partial charge in [0.05, 0.1) is 4.92 Å². The molecule has 0 aromatic heterocycles. The van der Waals surface area contributed by atoms with Crippen molar-refractivity contribution >= 4 is 23.3 Å². The summed E-state index contributed by atoms with van der Waals surface area (Å²) in [5.74, 6) is -0.204. The van der Waals surface area contributed by atoms with Crippen molar-refractivity contribution in [3.05, 3.63) is 68.7 Å². The molecule has 120 valence electrons. The molecule has 0 heterocycles. The van der Waals surface area contributed by atoms with Crippen LogP contribution in [0.15, 0.2) is 42.5 Å². The van der Waals surface area contributed by atoms with Crippen LogP contribution in [0.2, 0.25) is 5.02 Å². The van der Waals surface area contributed by atoms with E-state index in [-0.39, 0.29) is 24.5 Å². The minimum absolute atomic E-state index is 0.0313. The van der Waals surface area contributed by atoms with E-state index in [1.165, 1.54) is 6.07 Å². The summed E-state index contributed by atoms with van der Waals surface area (Å²) < 4.78 is 10.4. The van der Waals surface area contributed by atoms with Crippen LogP contribution < -0.4 is 4.74 Å². The number of rotatable bonds is 6. The Morgan fingerprint density at radius 1 is 1.22 bits per heavy atom. The summed E-state index contributed by atoms with van der Waals surface area (Å²) in [6.07, 6.45) is 0. The zero-order chi connectivity index (χ0) is 16.8. The van der Waals surface area contributed by atoms with Crippen LogP contribution in [0.3, 0.4) is 0 Å². The molecular weight excluding hydrogens is 322 g/mol. The van der Waals surface area contributed by atoms with E-state index in [0.29, 0.717) is 16.3 Å². The van der Waals surface area contributed by atoms with Crippen molar-refractivity contribution < 1.29 is 19.2 Å². The SMILES string of the molecule is Cc1cccc(C(=O)OCCOc2cccc(Cl)c2)c1[N+](=O)[O-]. The molecule has 2 rings (SSSR count). The van der Waals surface area contributed by atoms with Crippen LogP contribution in [0.25, 0.3) is 0 Å². The Morgan fingerprint density at radius 3 is 2.65 bits per heavy atom. The predicted octanol–water partition coefficient (Wildman–Crippen LogP) is 3.79. The van der Waals surface area contributed by atoms with Crippen LogP contribution in [0, 0.1) is 17.0 Å². The molecule has 0 saturated heterocycles. The Hall–Kier alpha value is -2.60. The summed E-state index contributed by atoms with van der Waals surface area (Å²) in [5, 5.41) is 11.6. The largest absolute Gasteiger partial charge is 0.490 e. The van der Waals surface area contributed by atoms with Crippen molar-refractivity contribution in [3.8, 4) is 5.75 Å². The van der Waals surface area contributed by atoms with Crippen LogP contribution in [0.1, 0.15) is 15.9 Å². The van der Waals surface area contributed by atoms with Gasteiger partial charge >= 0.3 is 5.97 Å². The fraction of sp³-hybridized carbons (Fsp3) is 0.188. The van der Waals surface area contributed by atoms with Gasteiger partial charge in [-0.25, -0.2) is 4.79 Å². The lowest BCUT2D eigenvalue weighted by Crippen LogP contribution is -2.14. The van der Waals surface area contributed by atoms with Crippen LogP contribution in [0.4, 0.5) is 5.69 Å². The number of para-hydroxylation sites is 1. The highest BCUT2D eigenvalue weighted by Gasteiger charge is 2.23. The van der Waals surface area contributed by atoms with Gasteiger partial charge in [-0.1, -0.05) is 29.8 Å². The molecule has 0 aliphatic carbocycles. The third kappa shape index (κ3) is 4.43. The fourth-order valence-corrected chi connectivity index (χ4v) is 2.17. The third-order valence-electron chi connectivity index (χ3n) is 3.02. The molecule has 0 aliphatic heterocycles. The molecule has 0 spiro atoms. The van der Waals surface area contributed by atoms with Crippen molar-refractivity contribution in [1.29, 1.82) is 0 Å². The minimum atomic E-state index is -0.755. The Morgan fingerprint density at radius 2 is 1.96 bits per heavy atom. The number of carbonyl (C=O) groups excluding carboxylic acids is 1. The number of halogens is 1. The molecular formula is C16H14ClNO5. The van der Waals surface area contributed by atoms with Crippen molar-refractivity contribution in [2.75, 3.05) is 13.2 Å². The summed E-state index contributed by atoms with van der Waals surface area (Å²) in [4.78, 5) is 22.4. The second-order valence-electron chi connectivity index (χ2n) is 4.67. The van der Waals surface area contributed by atoms with Crippen molar-refractivity contribution in [3.63, 3.8) is 0 Å². The van der Waals surface area contributed by atoms with Gasteiger partial charge in [0, 0.05) is 10.6 Å². The Labute approximate surface area is 137 Å². The molecule has 0 atom stereocenters. The minimum Gasteiger partial charge on any atom is -0.490 e. The second-order valence-corrected chi connectivity index (χ2v) is 5.11. The number of benzene rings is 2. The van der Waals surface area contributed by atoms with E-state index in [9.17, 15) is 14.9 Å². The molecule has 2 aromatic rings. The molecule has 0 N–H and O–H groups in total. The van der Waals surface area contributed by atoms with Crippen molar-refractivity contribution in [2.45, 2.75) is 6.92 Å². The normalized spacial score (nSPS) is 10.2. The predicted molar refractivity (Wildman–Crippen MR) is 85.1 cm³/mol. The average molecular weight is 336 g/mol. The molecule has 0 unspecified atom stereocenters. The van der Waals surface area contributed by atoms with Gasteiger partial charge in [0.15, 0.2) is 0 Å². The Kier molecular flexibility index (Phi) is 5.54. The van der Waals surface area contributed by atoms with Crippen LogP contribution >= 0.6 is 11.6 Å². The number of carbonyl (C=O) groups is 1. The smallest absolute Gasteiger partial charge is 0.345 e. The van der Waals surface area contributed by atoms with Gasteiger partial charge in [-0.3, -0.25) is 10.1 Å². The lowest BCUT2D eigenvalue weighted by molar-refractivity contribution is -0.385. The number of hydrogen-bond acceptors (Lipinski definition) is 5. The molecule has 2 aromatic carbocycles. The lowest BCUT2D eigenvalue weighted by Gasteiger charge is -2.08. The van der Waals surface area contributed by atoms with E-state index in [1.807, 2.05) is 0 Å². The van der Waals surface area contributed by atoms with Gasteiger partial charge in [-0.2, -0.15) is 0 Å². The summed E-state index contributed by atoms with van der Waals surface area (Å²) in [7, 11) is 0. The first kappa shape index (κ1) is 16.8. The van der Waals surface area contributed by atoms with E-state index in [1.54, 1.807) is 43.3 Å². The first-order valence-corrected chi connectivity index (χ1v) is 7.16. The van der Waals surface area contributed by atoms with E-state index in [2.05, 4.69) is 0 Å². The Balaban J connectivity index is 1.93. The molecule has 23 heavy (non-hydrogen) atoms. The summed E-state index contributed by atoms with van der Waals surface area (Å²) in [6, 6.07) is 11.3. The average Bonchev–Trinajstić information content (AvgIpc) is 2.50. The van der Waals surface area contributed by atoms with Crippen LogP contribution in [-0.2, 0) is 4.74 Å². The number of esters is 1. The maximum Gasteiger partial charge on any atom is 0.345 e. The highest BCUT2D eigenvalue weighted by Crippen LogP contribution is 2.23. The second kappa shape index (κ2) is 7.60. The van der Waals surface area contributed by atoms with Crippen LogP contribution in [-0.4, -0.2) is 24.1 Å². The standard InChI is InChI=1S/C16H14ClNO5/c1-11-4-2-7-14(15(11)18(20)21)16(19)23-9-8-22-13-6-3-5-12(17)10-13/h2-7,10H,8-9H2,1H3. The first-order valence-electron chi connectivity index (χ1n) is 6.78. The molecule has 0 amide bonds. The number of aryl methyl sites for hydroxylation is 1.